The molecule has 2 rings (SSSR count). The van der Waals surface area contributed by atoms with Gasteiger partial charge in [-0.05, 0) is 44.6 Å². The average molecular weight is 289 g/mol. The summed E-state index contributed by atoms with van der Waals surface area (Å²) in [5, 5.41) is 6.51. The molecular weight excluding hydrogens is 262 g/mol. The number of carbonyl (C=O) groups excluding carboxylic acids is 1. The molecule has 1 atom stereocenters. The highest BCUT2D eigenvalue weighted by molar-refractivity contribution is 5.96. The van der Waals surface area contributed by atoms with Crippen LogP contribution in [0, 0.1) is 11.3 Å². The van der Waals surface area contributed by atoms with Gasteiger partial charge in [0.2, 0.25) is 5.91 Å². The first-order valence-corrected chi connectivity index (χ1v) is 7.70. The summed E-state index contributed by atoms with van der Waals surface area (Å²) in [4.78, 5) is 15.0. The fourth-order valence-electron chi connectivity index (χ4n) is 3.03. The van der Waals surface area contributed by atoms with Crippen LogP contribution in [-0.2, 0) is 11.3 Å². The molecule has 1 aromatic carbocycles. The molecule has 0 aliphatic carbocycles. The summed E-state index contributed by atoms with van der Waals surface area (Å²) < 4.78 is 0. The smallest absolute Gasteiger partial charge is 0.232 e. The Kier molecular flexibility index (Phi) is 5.01. The average Bonchev–Trinajstić information content (AvgIpc) is 2.91. The molecule has 1 fully saturated rings. The van der Waals surface area contributed by atoms with E-state index in [0.29, 0.717) is 5.92 Å². The number of anilines is 1. The number of hydrogen-bond donors (Lipinski definition) is 2. The lowest BCUT2D eigenvalue weighted by molar-refractivity contribution is -0.126. The molecule has 0 aromatic heterocycles. The number of hydrogen-bond acceptors (Lipinski definition) is 3. The van der Waals surface area contributed by atoms with E-state index in [1.807, 2.05) is 32.3 Å². The summed E-state index contributed by atoms with van der Waals surface area (Å²) >= 11 is 0. The van der Waals surface area contributed by atoms with Crippen molar-refractivity contribution in [2.24, 2.45) is 11.3 Å². The number of nitrogens with zero attached hydrogens (tertiary/aromatic N) is 1. The van der Waals surface area contributed by atoms with E-state index in [2.05, 4.69) is 35.4 Å². The van der Waals surface area contributed by atoms with Gasteiger partial charge >= 0.3 is 0 Å². The van der Waals surface area contributed by atoms with Gasteiger partial charge in [-0.1, -0.05) is 32.0 Å². The topological polar surface area (TPSA) is 44.4 Å². The van der Waals surface area contributed by atoms with E-state index >= 15 is 0 Å². The highest BCUT2D eigenvalue weighted by Gasteiger charge is 2.43. The zero-order valence-corrected chi connectivity index (χ0v) is 13.6. The molecule has 1 aliphatic rings. The molecule has 1 aromatic rings. The van der Waals surface area contributed by atoms with Gasteiger partial charge in [-0.25, -0.2) is 0 Å². The minimum atomic E-state index is -0.286. The fourth-order valence-corrected chi connectivity index (χ4v) is 3.03. The molecule has 1 saturated heterocycles. The Morgan fingerprint density at radius 1 is 1.38 bits per heavy atom. The molecule has 4 nitrogen and oxygen atoms in total. The zero-order valence-electron chi connectivity index (χ0n) is 13.6. The fraction of sp³-hybridized carbons (Fsp3) is 0.588. The number of rotatable bonds is 5. The van der Waals surface area contributed by atoms with Crippen LogP contribution in [0.25, 0.3) is 0 Å². The van der Waals surface area contributed by atoms with Crippen molar-refractivity contribution in [3.05, 3.63) is 29.8 Å². The molecule has 0 radical (unpaired) electrons. The predicted octanol–water partition coefficient (Wildman–Crippen LogP) is 2.32. The minimum Gasteiger partial charge on any atom is -0.325 e. The van der Waals surface area contributed by atoms with Crippen molar-refractivity contribution < 1.29 is 4.79 Å². The van der Waals surface area contributed by atoms with Gasteiger partial charge in [0.1, 0.15) is 0 Å². The SMILES string of the molecule is CC(C)C1(C(=O)Nc2ccccc2CN(C)C)CCNC1. The monoisotopic (exact) mass is 289 g/mol. The number of amides is 1. The molecule has 2 N–H and O–H groups in total. The Bertz CT molecular complexity index is 491. The maximum atomic E-state index is 12.9. The second-order valence-corrected chi connectivity index (χ2v) is 6.59. The Hall–Kier alpha value is -1.39. The molecule has 1 unspecified atom stereocenters. The maximum absolute atomic E-state index is 12.9. The van der Waals surface area contributed by atoms with Gasteiger partial charge in [0.25, 0.3) is 0 Å². The molecule has 0 bridgehead atoms. The van der Waals surface area contributed by atoms with Crippen LogP contribution in [0.5, 0.6) is 0 Å². The van der Waals surface area contributed by atoms with Crippen molar-refractivity contribution in [2.75, 3.05) is 32.5 Å². The molecule has 0 saturated carbocycles. The van der Waals surface area contributed by atoms with Gasteiger partial charge in [-0.2, -0.15) is 0 Å². The molecule has 0 spiro atoms. The number of benzene rings is 1. The Morgan fingerprint density at radius 2 is 2.10 bits per heavy atom. The quantitative estimate of drug-likeness (QED) is 0.874. The minimum absolute atomic E-state index is 0.147. The molecule has 1 heterocycles. The van der Waals surface area contributed by atoms with E-state index in [1.54, 1.807) is 0 Å². The van der Waals surface area contributed by atoms with Crippen molar-refractivity contribution in [1.82, 2.24) is 10.2 Å². The summed E-state index contributed by atoms with van der Waals surface area (Å²) in [6, 6.07) is 8.06. The van der Waals surface area contributed by atoms with Crippen LogP contribution in [0.2, 0.25) is 0 Å². The molecule has 1 aliphatic heterocycles. The van der Waals surface area contributed by atoms with Crippen LogP contribution in [0.4, 0.5) is 5.69 Å². The molecular formula is C17H27N3O. The van der Waals surface area contributed by atoms with Crippen LogP contribution in [-0.4, -0.2) is 38.0 Å². The van der Waals surface area contributed by atoms with E-state index in [9.17, 15) is 4.79 Å². The van der Waals surface area contributed by atoms with Crippen molar-refractivity contribution in [2.45, 2.75) is 26.8 Å². The predicted molar refractivity (Wildman–Crippen MR) is 87.2 cm³/mol. The van der Waals surface area contributed by atoms with Gasteiger partial charge in [-0.15, -0.1) is 0 Å². The second-order valence-electron chi connectivity index (χ2n) is 6.59. The van der Waals surface area contributed by atoms with Crippen molar-refractivity contribution >= 4 is 11.6 Å². The first-order chi connectivity index (χ1) is 9.95. The lowest BCUT2D eigenvalue weighted by atomic mass is 9.75. The van der Waals surface area contributed by atoms with Crippen molar-refractivity contribution in [1.29, 1.82) is 0 Å². The summed E-state index contributed by atoms with van der Waals surface area (Å²) in [6.45, 7) is 6.79. The zero-order chi connectivity index (χ0) is 15.5. The summed E-state index contributed by atoms with van der Waals surface area (Å²) in [5.41, 5.74) is 1.80. The molecule has 1 amide bonds. The van der Waals surface area contributed by atoms with Crippen LogP contribution in [0.1, 0.15) is 25.8 Å². The van der Waals surface area contributed by atoms with Crippen LogP contribution in [0.15, 0.2) is 24.3 Å². The first-order valence-electron chi connectivity index (χ1n) is 7.70. The van der Waals surface area contributed by atoms with Crippen LogP contribution >= 0.6 is 0 Å². The van der Waals surface area contributed by atoms with Crippen LogP contribution in [0.3, 0.4) is 0 Å². The third-order valence-corrected chi connectivity index (χ3v) is 4.50. The van der Waals surface area contributed by atoms with E-state index < -0.39 is 0 Å². The van der Waals surface area contributed by atoms with E-state index in [1.165, 1.54) is 0 Å². The first kappa shape index (κ1) is 16.0. The third kappa shape index (κ3) is 3.44. The van der Waals surface area contributed by atoms with Crippen molar-refractivity contribution in [3.63, 3.8) is 0 Å². The van der Waals surface area contributed by atoms with Crippen molar-refractivity contribution in [3.8, 4) is 0 Å². The van der Waals surface area contributed by atoms with Gasteiger partial charge in [0.15, 0.2) is 0 Å². The van der Waals surface area contributed by atoms with Gasteiger partial charge in [-0.3, -0.25) is 4.79 Å². The number of nitrogens with one attached hydrogen (secondary N) is 2. The lowest BCUT2D eigenvalue weighted by Gasteiger charge is -2.31. The lowest BCUT2D eigenvalue weighted by Crippen LogP contribution is -2.42. The molecule has 4 heteroatoms. The largest absolute Gasteiger partial charge is 0.325 e. The number of carbonyl (C=O) groups is 1. The van der Waals surface area contributed by atoms with E-state index in [-0.39, 0.29) is 11.3 Å². The molecule has 21 heavy (non-hydrogen) atoms. The summed E-state index contributed by atoms with van der Waals surface area (Å²) in [5.74, 6) is 0.474. The van der Waals surface area contributed by atoms with Gasteiger partial charge in [0.05, 0.1) is 5.41 Å². The van der Waals surface area contributed by atoms with Crippen LogP contribution < -0.4 is 10.6 Å². The van der Waals surface area contributed by atoms with Gasteiger partial charge < -0.3 is 15.5 Å². The summed E-state index contributed by atoms with van der Waals surface area (Å²) in [7, 11) is 4.07. The standard InChI is InChI=1S/C17H27N3O/c1-13(2)17(9-10-18-12-17)16(21)19-15-8-6-5-7-14(15)11-20(3)4/h5-8,13,18H,9-12H2,1-4H3,(H,19,21). The molecule has 116 valence electrons. The van der Waals surface area contributed by atoms with E-state index in [0.717, 1.165) is 37.3 Å². The third-order valence-electron chi connectivity index (χ3n) is 4.50. The van der Waals surface area contributed by atoms with E-state index in [4.69, 9.17) is 0 Å². The maximum Gasteiger partial charge on any atom is 0.232 e. The highest BCUT2D eigenvalue weighted by Crippen LogP contribution is 2.35. The normalized spacial score (nSPS) is 22.0. The van der Waals surface area contributed by atoms with Gasteiger partial charge in [0, 0.05) is 18.8 Å². The number of para-hydroxylation sites is 1. The summed E-state index contributed by atoms with van der Waals surface area (Å²) in [6.07, 6.45) is 0.909. The Morgan fingerprint density at radius 3 is 2.67 bits per heavy atom. The highest BCUT2D eigenvalue weighted by atomic mass is 16.2. The second kappa shape index (κ2) is 6.58. The Labute approximate surface area is 127 Å². The Balaban J connectivity index is 2.19.